The number of nitrogens with zero attached hydrogens (tertiary/aromatic N) is 2. The average molecular weight is 544 g/mol. The summed E-state index contributed by atoms with van der Waals surface area (Å²) in [6.45, 7) is 0.200. The Kier molecular flexibility index (Phi) is 7.56. The Morgan fingerprint density at radius 1 is 0.949 bits per heavy atom. The highest BCUT2D eigenvalue weighted by atomic mass is 35.5. The molecule has 0 aliphatic heterocycles. The number of imidazole rings is 1. The first-order valence-electron chi connectivity index (χ1n) is 12.1. The van der Waals surface area contributed by atoms with Gasteiger partial charge >= 0.3 is 5.97 Å². The van der Waals surface area contributed by atoms with Crippen molar-refractivity contribution in [1.82, 2.24) is 14.7 Å². The maximum absolute atomic E-state index is 13.3. The third-order valence-corrected chi connectivity index (χ3v) is 6.37. The predicted octanol–water partition coefficient (Wildman–Crippen LogP) is 5.80. The fourth-order valence-corrected chi connectivity index (χ4v) is 4.22. The number of carboxylic acids is 1. The highest BCUT2D eigenvalue weighted by Crippen LogP contribution is 2.22. The number of fused-ring (bicyclic) bond motifs is 1. The number of amides is 1. The molecular weight excluding hydrogens is 521 g/mol. The van der Waals surface area contributed by atoms with E-state index in [-0.39, 0.29) is 24.5 Å². The molecule has 0 saturated carbocycles. The highest BCUT2D eigenvalue weighted by molar-refractivity contribution is 6.30. The van der Waals surface area contributed by atoms with E-state index in [4.69, 9.17) is 16.3 Å². The number of pyridine rings is 1. The van der Waals surface area contributed by atoms with Crippen molar-refractivity contribution in [2.75, 3.05) is 0 Å². The van der Waals surface area contributed by atoms with Crippen LogP contribution >= 0.6 is 11.6 Å². The Bertz CT molecular complexity index is 1630. The van der Waals surface area contributed by atoms with E-state index in [1.54, 1.807) is 65.2 Å². The zero-order valence-electron chi connectivity index (χ0n) is 20.6. The summed E-state index contributed by atoms with van der Waals surface area (Å²) >= 11 is 5.97. The van der Waals surface area contributed by atoms with E-state index < -0.39 is 17.9 Å². The van der Waals surface area contributed by atoms with E-state index in [9.17, 15) is 19.1 Å². The maximum atomic E-state index is 13.3. The molecule has 0 aliphatic rings. The number of carboxylic acid groups (broad SMARTS) is 1. The summed E-state index contributed by atoms with van der Waals surface area (Å²) in [7, 11) is 0. The number of carbonyl (C=O) groups is 2. The van der Waals surface area contributed by atoms with Crippen LogP contribution in [0.2, 0.25) is 5.02 Å². The molecule has 2 N–H and O–H groups in total. The molecule has 0 spiro atoms. The first kappa shape index (κ1) is 25.9. The zero-order valence-corrected chi connectivity index (χ0v) is 21.3. The Hall–Kier alpha value is -4.69. The number of benzene rings is 3. The molecule has 1 atom stereocenters. The number of nitrogens with one attached hydrogen (secondary N) is 1. The van der Waals surface area contributed by atoms with Crippen LogP contribution in [0.3, 0.4) is 0 Å². The summed E-state index contributed by atoms with van der Waals surface area (Å²) in [5.41, 5.74) is 3.92. The van der Waals surface area contributed by atoms with Crippen LogP contribution in [0.4, 0.5) is 4.39 Å². The molecule has 5 aromatic rings. The number of halogens is 2. The predicted molar refractivity (Wildman–Crippen MR) is 145 cm³/mol. The summed E-state index contributed by atoms with van der Waals surface area (Å²) in [5.74, 6) is -1.53. The van der Waals surface area contributed by atoms with Crippen molar-refractivity contribution in [3.05, 3.63) is 125 Å². The minimum absolute atomic E-state index is 0.0688. The molecule has 5 rings (SSSR count). The maximum Gasteiger partial charge on any atom is 0.326 e. The Balaban J connectivity index is 1.23. The summed E-state index contributed by atoms with van der Waals surface area (Å²) in [6.07, 6.45) is 3.47. The molecule has 1 amide bonds. The van der Waals surface area contributed by atoms with E-state index in [1.807, 2.05) is 24.4 Å². The molecule has 7 nitrogen and oxygen atoms in total. The Morgan fingerprint density at radius 3 is 2.41 bits per heavy atom. The van der Waals surface area contributed by atoms with Crippen molar-refractivity contribution in [2.24, 2.45) is 0 Å². The number of hydrogen-bond donors (Lipinski definition) is 2. The number of rotatable bonds is 9. The largest absolute Gasteiger partial charge is 0.489 e. The summed E-state index contributed by atoms with van der Waals surface area (Å²) < 4.78 is 20.7. The highest BCUT2D eigenvalue weighted by Gasteiger charge is 2.23. The second kappa shape index (κ2) is 11.4. The molecule has 0 fully saturated rings. The molecule has 0 radical (unpaired) electrons. The topological polar surface area (TPSA) is 92.9 Å². The van der Waals surface area contributed by atoms with Gasteiger partial charge in [0.05, 0.1) is 0 Å². The van der Waals surface area contributed by atoms with Crippen LogP contribution in [0, 0.1) is 5.82 Å². The SMILES string of the molecule is O=C(N[C@@H](Cc1ccc(OCc2cccc(F)c2)cc1)C(=O)O)c1cn2cc(-c3ccc(Cl)cc3)ccc2n1. The quantitative estimate of drug-likeness (QED) is 0.245. The monoisotopic (exact) mass is 543 g/mol. The van der Waals surface area contributed by atoms with Crippen LogP contribution < -0.4 is 10.1 Å². The van der Waals surface area contributed by atoms with Crippen molar-refractivity contribution >= 4 is 29.1 Å². The molecule has 0 bridgehead atoms. The van der Waals surface area contributed by atoms with Gasteiger partial charge in [0.25, 0.3) is 5.91 Å². The van der Waals surface area contributed by atoms with Gasteiger partial charge in [-0.25, -0.2) is 14.2 Å². The molecule has 196 valence electrons. The first-order chi connectivity index (χ1) is 18.8. The lowest BCUT2D eigenvalue weighted by Crippen LogP contribution is -2.42. The van der Waals surface area contributed by atoms with Gasteiger partial charge in [0.2, 0.25) is 0 Å². The number of carbonyl (C=O) groups excluding carboxylic acids is 1. The Labute approximate surface area is 228 Å². The van der Waals surface area contributed by atoms with Crippen LogP contribution in [0.5, 0.6) is 5.75 Å². The minimum atomic E-state index is -1.16. The average Bonchev–Trinajstić information content (AvgIpc) is 3.36. The van der Waals surface area contributed by atoms with E-state index in [2.05, 4.69) is 10.3 Å². The van der Waals surface area contributed by atoms with Gasteiger partial charge in [-0.15, -0.1) is 0 Å². The van der Waals surface area contributed by atoms with Gasteiger partial charge in [-0.05, 0) is 70.8 Å². The summed E-state index contributed by atoms with van der Waals surface area (Å²) in [4.78, 5) is 29.2. The van der Waals surface area contributed by atoms with Gasteiger partial charge in [0, 0.05) is 23.8 Å². The number of hydrogen-bond acceptors (Lipinski definition) is 4. The van der Waals surface area contributed by atoms with E-state index in [0.717, 1.165) is 11.1 Å². The summed E-state index contributed by atoms with van der Waals surface area (Å²) in [6, 6.07) is 22.9. The van der Waals surface area contributed by atoms with Gasteiger partial charge < -0.3 is 19.6 Å². The Morgan fingerprint density at radius 2 is 1.69 bits per heavy atom. The molecule has 39 heavy (non-hydrogen) atoms. The molecule has 9 heteroatoms. The molecule has 0 aliphatic carbocycles. The smallest absolute Gasteiger partial charge is 0.326 e. The van der Waals surface area contributed by atoms with Gasteiger partial charge in [-0.2, -0.15) is 0 Å². The molecular formula is C30H23ClFN3O4. The van der Waals surface area contributed by atoms with Gasteiger partial charge in [0.1, 0.15) is 35.6 Å². The van der Waals surface area contributed by atoms with Crippen LogP contribution in [-0.2, 0) is 17.8 Å². The van der Waals surface area contributed by atoms with Crippen molar-refractivity contribution in [3.63, 3.8) is 0 Å². The van der Waals surface area contributed by atoms with Crippen molar-refractivity contribution in [3.8, 4) is 16.9 Å². The first-order valence-corrected chi connectivity index (χ1v) is 12.5. The normalized spacial score (nSPS) is 11.7. The zero-order chi connectivity index (χ0) is 27.4. The van der Waals surface area contributed by atoms with Crippen LogP contribution in [0.15, 0.2) is 97.3 Å². The van der Waals surface area contributed by atoms with Crippen LogP contribution in [0.25, 0.3) is 16.8 Å². The van der Waals surface area contributed by atoms with Crippen molar-refractivity contribution < 1.29 is 23.8 Å². The molecule has 3 aromatic carbocycles. The molecule has 0 unspecified atom stereocenters. The van der Waals surface area contributed by atoms with E-state index in [1.165, 1.54) is 12.1 Å². The fraction of sp³-hybridized carbons (Fsp3) is 0.100. The lowest BCUT2D eigenvalue weighted by Gasteiger charge is -2.14. The van der Waals surface area contributed by atoms with Crippen LogP contribution in [0.1, 0.15) is 21.6 Å². The van der Waals surface area contributed by atoms with Gasteiger partial charge in [0.15, 0.2) is 0 Å². The second-order valence-corrected chi connectivity index (χ2v) is 9.38. The van der Waals surface area contributed by atoms with Crippen LogP contribution in [-0.4, -0.2) is 32.4 Å². The minimum Gasteiger partial charge on any atom is -0.489 e. The van der Waals surface area contributed by atoms with Crippen molar-refractivity contribution in [1.29, 1.82) is 0 Å². The number of aliphatic carboxylic acids is 1. The number of ether oxygens (including phenoxy) is 1. The van der Waals surface area contributed by atoms with Crippen molar-refractivity contribution in [2.45, 2.75) is 19.1 Å². The third kappa shape index (κ3) is 6.42. The molecule has 2 aromatic heterocycles. The molecule has 2 heterocycles. The molecule has 0 saturated heterocycles. The lowest BCUT2D eigenvalue weighted by molar-refractivity contribution is -0.139. The third-order valence-electron chi connectivity index (χ3n) is 6.12. The van der Waals surface area contributed by atoms with Gasteiger partial charge in [-0.3, -0.25) is 4.79 Å². The second-order valence-electron chi connectivity index (χ2n) is 8.95. The fourth-order valence-electron chi connectivity index (χ4n) is 4.10. The number of aromatic nitrogens is 2. The van der Waals surface area contributed by atoms with E-state index >= 15 is 0 Å². The van der Waals surface area contributed by atoms with Gasteiger partial charge in [-0.1, -0.05) is 48.0 Å². The summed E-state index contributed by atoms with van der Waals surface area (Å²) in [5, 5.41) is 12.9. The standard InChI is InChI=1S/C30H23ClFN3O4/c31-23-9-6-21(7-10-23)22-8-13-28-33-27(17-35(28)16-22)29(36)34-26(30(37)38)15-19-4-11-25(12-5-19)39-18-20-2-1-3-24(32)14-20/h1-14,16-17,26H,15,18H2,(H,34,36)(H,37,38)/t26-/m0/s1. The lowest BCUT2D eigenvalue weighted by atomic mass is 10.1. The van der Waals surface area contributed by atoms with E-state index in [0.29, 0.717) is 27.5 Å².